The van der Waals surface area contributed by atoms with Gasteiger partial charge in [-0.1, -0.05) is 96.8 Å². The molecule has 0 aromatic carbocycles. The molecule has 0 unspecified atom stereocenters. The van der Waals surface area contributed by atoms with Gasteiger partial charge < -0.3 is 32.3 Å². The van der Waals surface area contributed by atoms with E-state index in [1.54, 1.807) is 0 Å². The summed E-state index contributed by atoms with van der Waals surface area (Å²) in [7, 11) is 0. The summed E-state index contributed by atoms with van der Waals surface area (Å²) in [6.45, 7) is 3.83. The Kier molecular flexibility index (Phi) is 29.0. The summed E-state index contributed by atoms with van der Waals surface area (Å²) in [6, 6.07) is -1.06. The van der Waals surface area contributed by atoms with Crippen LogP contribution in [0.25, 0.3) is 0 Å². The van der Waals surface area contributed by atoms with Gasteiger partial charge >= 0.3 is 11.9 Å². The third-order valence-corrected chi connectivity index (χ3v) is 6.23. The Bertz CT molecular complexity index is 604. The van der Waals surface area contributed by atoms with Gasteiger partial charge in [0.15, 0.2) is 5.96 Å². The first kappa shape index (κ1) is 37.8. The Hall–Kier alpha value is -2.36. The number of nitrogens with two attached hydrogens (primary N) is 2. The molecule has 0 aromatic rings. The summed E-state index contributed by atoms with van der Waals surface area (Å²) in [5, 5.41) is 29.2. The lowest BCUT2D eigenvalue weighted by Crippen LogP contribution is -2.30. The monoisotopic (exact) mass is 543 g/mol. The first-order valence-corrected chi connectivity index (χ1v) is 14.7. The molecule has 0 aromatic heterocycles. The number of rotatable bonds is 25. The summed E-state index contributed by atoms with van der Waals surface area (Å²) >= 11 is 0. The van der Waals surface area contributed by atoms with Gasteiger partial charge in [0.05, 0.1) is 0 Å². The standard InChI is InChI=1S/C23H48N4O.C5H9NO4/c1-2-3-4-5-6-7-8-9-10-11-12-13-16-19-22(28)26-20-17-14-15-18-21-27-23(24)25;6-3(5(9)10)1-2-4(7)8/h2-21H2,1H3,(H,26,28)(H4,24,25,27);3H,1-2,6H2,(H,7,8)(H,9,10)/t;3-/m.0/s1. The average Bonchev–Trinajstić information content (AvgIpc) is 2.87. The Balaban J connectivity index is 0. The zero-order chi connectivity index (χ0) is 28.9. The lowest BCUT2D eigenvalue weighted by Gasteiger charge is -2.06. The zero-order valence-corrected chi connectivity index (χ0v) is 23.9. The van der Waals surface area contributed by atoms with Crippen molar-refractivity contribution in [3.05, 3.63) is 0 Å². The van der Waals surface area contributed by atoms with E-state index >= 15 is 0 Å². The number of carboxylic acids is 2. The van der Waals surface area contributed by atoms with Crippen molar-refractivity contribution in [1.29, 1.82) is 5.41 Å². The van der Waals surface area contributed by atoms with E-state index in [1.807, 2.05) is 0 Å². The number of guanidine groups is 1. The minimum Gasteiger partial charge on any atom is -0.481 e. The molecular weight excluding hydrogens is 486 g/mol. The number of hydrogen-bond acceptors (Lipinski definition) is 5. The molecule has 0 aliphatic carbocycles. The average molecular weight is 544 g/mol. The number of nitrogens with one attached hydrogen (secondary N) is 3. The van der Waals surface area contributed by atoms with Crippen LogP contribution >= 0.6 is 0 Å². The minimum absolute atomic E-state index is 0.0231. The first-order chi connectivity index (χ1) is 18.2. The van der Waals surface area contributed by atoms with E-state index in [-0.39, 0.29) is 24.7 Å². The maximum atomic E-state index is 11.8. The first-order valence-electron chi connectivity index (χ1n) is 14.7. The van der Waals surface area contributed by atoms with E-state index in [1.165, 1.54) is 77.0 Å². The van der Waals surface area contributed by atoms with Gasteiger partial charge in [-0.2, -0.15) is 0 Å². The summed E-state index contributed by atoms with van der Waals surface area (Å²) in [4.78, 5) is 31.7. The molecule has 10 heteroatoms. The van der Waals surface area contributed by atoms with Crippen molar-refractivity contribution in [3.63, 3.8) is 0 Å². The lowest BCUT2D eigenvalue weighted by molar-refractivity contribution is -0.139. The molecule has 0 saturated carbocycles. The Morgan fingerprint density at radius 2 is 1.11 bits per heavy atom. The van der Waals surface area contributed by atoms with Gasteiger partial charge in [0.1, 0.15) is 6.04 Å². The van der Waals surface area contributed by atoms with Crippen LogP contribution in [0.4, 0.5) is 0 Å². The SMILES string of the molecule is CCCCCCCCCCCCCCCC(=O)NCCCCCCNC(=N)N.N[C@@H](CCC(=O)O)C(=O)O. The van der Waals surface area contributed by atoms with Gasteiger partial charge in [-0.05, 0) is 25.7 Å². The summed E-state index contributed by atoms with van der Waals surface area (Å²) in [5.74, 6) is -1.94. The summed E-state index contributed by atoms with van der Waals surface area (Å²) < 4.78 is 0. The number of carboxylic acid groups (broad SMARTS) is 2. The number of carbonyl (C=O) groups is 3. The van der Waals surface area contributed by atoms with Gasteiger partial charge in [0.25, 0.3) is 0 Å². The Morgan fingerprint density at radius 3 is 1.53 bits per heavy atom. The van der Waals surface area contributed by atoms with Crippen LogP contribution in [0, 0.1) is 5.41 Å². The normalized spacial score (nSPS) is 11.2. The Labute approximate surface area is 230 Å². The van der Waals surface area contributed by atoms with Gasteiger partial charge in [-0.3, -0.25) is 19.8 Å². The number of aliphatic carboxylic acids is 2. The zero-order valence-electron chi connectivity index (χ0n) is 23.9. The van der Waals surface area contributed by atoms with Crippen LogP contribution in [-0.4, -0.2) is 53.1 Å². The smallest absolute Gasteiger partial charge is 0.320 e. The van der Waals surface area contributed by atoms with E-state index in [4.69, 9.17) is 27.1 Å². The van der Waals surface area contributed by atoms with E-state index in [9.17, 15) is 14.4 Å². The molecule has 0 spiro atoms. The molecule has 224 valence electrons. The van der Waals surface area contributed by atoms with Gasteiger partial charge in [-0.15, -0.1) is 0 Å². The molecule has 0 radical (unpaired) electrons. The maximum absolute atomic E-state index is 11.8. The maximum Gasteiger partial charge on any atom is 0.320 e. The molecule has 1 amide bonds. The molecule has 38 heavy (non-hydrogen) atoms. The topological polar surface area (TPSA) is 192 Å². The minimum atomic E-state index is -1.17. The van der Waals surface area contributed by atoms with Crippen molar-refractivity contribution in [1.82, 2.24) is 10.6 Å². The molecular formula is C28H57N5O5. The van der Waals surface area contributed by atoms with E-state index in [2.05, 4.69) is 17.6 Å². The lowest BCUT2D eigenvalue weighted by atomic mass is 10.0. The van der Waals surface area contributed by atoms with E-state index in [0.717, 1.165) is 45.2 Å². The summed E-state index contributed by atoms with van der Waals surface area (Å²) in [5.41, 5.74) is 10.2. The van der Waals surface area contributed by atoms with Crippen LogP contribution in [-0.2, 0) is 14.4 Å². The second kappa shape index (κ2) is 29.2. The molecule has 10 nitrogen and oxygen atoms in total. The number of carbonyl (C=O) groups excluding carboxylic acids is 1. The molecule has 0 bridgehead atoms. The predicted molar refractivity (Wildman–Crippen MR) is 154 cm³/mol. The molecule has 0 heterocycles. The van der Waals surface area contributed by atoms with Crippen molar-refractivity contribution >= 4 is 23.8 Å². The van der Waals surface area contributed by atoms with Crippen molar-refractivity contribution in [3.8, 4) is 0 Å². The van der Waals surface area contributed by atoms with Crippen molar-refractivity contribution < 1.29 is 24.6 Å². The summed E-state index contributed by atoms with van der Waals surface area (Å²) in [6.07, 6.45) is 22.1. The van der Waals surface area contributed by atoms with Crippen LogP contribution in [0.15, 0.2) is 0 Å². The third-order valence-electron chi connectivity index (χ3n) is 6.23. The number of amides is 1. The highest BCUT2D eigenvalue weighted by Gasteiger charge is 2.12. The fraction of sp³-hybridized carbons (Fsp3) is 0.857. The van der Waals surface area contributed by atoms with Crippen LogP contribution in [0.5, 0.6) is 0 Å². The fourth-order valence-corrected chi connectivity index (χ4v) is 3.85. The van der Waals surface area contributed by atoms with Crippen molar-refractivity contribution in [2.24, 2.45) is 11.5 Å². The molecule has 1 atom stereocenters. The highest BCUT2D eigenvalue weighted by Crippen LogP contribution is 2.13. The number of unbranched alkanes of at least 4 members (excludes halogenated alkanes) is 15. The highest BCUT2D eigenvalue weighted by atomic mass is 16.4. The van der Waals surface area contributed by atoms with Crippen LogP contribution in [0.1, 0.15) is 135 Å². The van der Waals surface area contributed by atoms with Crippen LogP contribution in [0.3, 0.4) is 0 Å². The molecule has 0 saturated heterocycles. The van der Waals surface area contributed by atoms with Crippen LogP contribution in [0.2, 0.25) is 0 Å². The molecule has 0 aliphatic rings. The van der Waals surface area contributed by atoms with E-state index in [0.29, 0.717) is 6.42 Å². The second-order valence-corrected chi connectivity index (χ2v) is 9.97. The van der Waals surface area contributed by atoms with Gasteiger partial charge in [0.2, 0.25) is 5.91 Å². The molecule has 0 rings (SSSR count). The second-order valence-electron chi connectivity index (χ2n) is 9.97. The third kappa shape index (κ3) is 33.6. The van der Waals surface area contributed by atoms with Gasteiger partial charge in [0, 0.05) is 25.9 Å². The molecule has 0 fully saturated rings. The van der Waals surface area contributed by atoms with E-state index < -0.39 is 18.0 Å². The number of hydrogen-bond donors (Lipinski definition) is 7. The highest BCUT2D eigenvalue weighted by molar-refractivity contribution is 5.76. The van der Waals surface area contributed by atoms with Crippen molar-refractivity contribution in [2.75, 3.05) is 13.1 Å². The molecule has 9 N–H and O–H groups in total. The van der Waals surface area contributed by atoms with Crippen LogP contribution < -0.4 is 22.1 Å². The fourth-order valence-electron chi connectivity index (χ4n) is 3.85. The van der Waals surface area contributed by atoms with Crippen molar-refractivity contribution in [2.45, 2.75) is 141 Å². The molecule has 0 aliphatic heterocycles. The quantitative estimate of drug-likeness (QED) is 0.0480. The Morgan fingerprint density at radius 1 is 0.684 bits per heavy atom. The largest absolute Gasteiger partial charge is 0.481 e. The predicted octanol–water partition coefficient (Wildman–Crippen LogP) is 4.89. The van der Waals surface area contributed by atoms with Gasteiger partial charge in [-0.25, -0.2) is 0 Å².